The number of rotatable bonds is 7. The minimum absolute atomic E-state index is 0.0674. The van der Waals surface area contributed by atoms with Crippen molar-refractivity contribution in [1.29, 1.82) is 0 Å². The van der Waals surface area contributed by atoms with E-state index < -0.39 is 0 Å². The van der Waals surface area contributed by atoms with Gasteiger partial charge >= 0.3 is 0 Å². The fourth-order valence-electron chi connectivity index (χ4n) is 2.54. The number of hydrogen-bond acceptors (Lipinski definition) is 6. The average Bonchev–Trinajstić information content (AvgIpc) is 3.28. The van der Waals surface area contributed by atoms with Crippen LogP contribution in [0.4, 0.5) is 0 Å². The SMILES string of the molecule is Cc1sc(-c2ccco2)nc1C(=O)N(CCN(C)C)Cc1cccnc1. The largest absolute Gasteiger partial charge is 0.462 e. The van der Waals surface area contributed by atoms with Crippen LogP contribution in [0.2, 0.25) is 0 Å². The van der Waals surface area contributed by atoms with Crippen molar-refractivity contribution in [3.63, 3.8) is 0 Å². The highest BCUT2D eigenvalue weighted by Crippen LogP contribution is 2.28. The zero-order valence-electron chi connectivity index (χ0n) is 15.2. The van der Waals surface area contributed by atoms with Gasteiger partial charge in [-0.1, -0.05) is 6.07 Å². The summed E-state index contributed by atoms with van der Waals surface area (Å²) in [5.41, 5.74) is 1.49. The zero-order valence-corrected chi connectivity index (χ0v) is 16.0. The molecule has 0 unspecified atom stereocenters. The highest BCUT2D eigenvalue weighted by Gasteiger charge is 2.23. The van der Waals surface area contributed by atoms with Crippen LogP contribution in [-0.2, 0) is 6.54 Å². The molecule has 0 saturated heterocycles. The van der Waals surface area contributed by atoms with Crippen molar-refractivity contribution in [2.75, 3.05) is 27.2 Å². The average molecular weight is 370 g/mol. The highest BCUT2D eigenvalue weighted by molar-refractivity contribution is 7.15. The van der Waals surface area contributed by atoms with E-state index in [-0.39, 0.29) is 5.91 Å². The van der Waals surface area contributed by atoms with Gasteiger partial charge in [-0.2, -0.15) is 0 Å². The summed E-state index contributed by atoms with van der Waals surface area (Å²) in [6, 6.07) is 7.53. The molecule has 0 bridgehead atoms. The van der Waals surface area contributed by atoms with Crippen molar-refractivity contribution in [2.45, 2.75) is 13.5 Å². The Balaban J connectivity index is 1.84. The number of pyridine rings is 1. The van der Waals surface area contributed by atoms with Crippen LogP contribution in [-0.4, -0.2) is 52.9 Å². The Kier molecular flexibility index (Phi) is 5.80. The van der Waals surface area contributed by atoms with Crippen molar-refractivity contribution in [3.05, 3.63) is 59.1 Å². The Morgan fingerprint density at radius 1 is 1.23 bits per heavy atom. The first kappa shape index (κ1) is 18.3. The summed E-state index contributed by atoms with van der Waals surface area (Å²) < 4.78 is 5.41. The number of hydrogen-bond donors (Lipinski definition) is 0. The summed E-state index contributed by atoms with van der Waals surface area (Å²) >= 11 is 1.47. The summed E-state index contributed by atoms with van der Waals surface area (Å²) in [7, 11) is 3.99. The lowest BCUT2D eigenvalue weighted by Gasteiger charge is -2.24. The maximum absolute atomic E-state index is 13.2. The van der Waals surface area contributed by atoms with Gasteiger partial charge in [0.05, 0.1) is 6.26 Å². The predicted molar refractivity (Wildman–Crippen MR) is 102 cm³/mol. The number of furan rings is 1. The molecule has 3 rings (SSSR count). The maximum Gasteiger partial charge on any atom is 0.273 e. The van der Waals surface area contributed by atoms with E-state index in [1.54, 1.807) is 18.7 Å². The van der Waals surface area contributed by atoms with E-state index in [0.29, 0.717) is 24.5 Å². The smallest absolute Gasteiger partial charge is 0.273 e. The second kappa shape index (κ2) is 8.25. The summed E-state index contributed by atoms with van der Waals surface area (Å²) in [6.07, 6.45) is 5.13. The molecule has 0 radical (unpaired) electrons. The molecule has 0 atom stereocenters. The Labute approximate surface area is 157 Å². The molecule has 0 saturated carbocycles. The predicted octanol–water partition coefficient (Wildman–Crippen LogP) is 3.31. The standard InChI is InChI=1S/C19H22N4O2S/c1-14-17(21-18(26-14)16-7-5-11-25-16)19(24)23(10-9-22(2)3)13-15-6-4-8-20-12-15/h4-8,11-12H,9-10,13H2,1-3H3. The van der Waals surface area contributed by atoms with Crippen molar-refractivity contribution in [1.82, 2.24) is 19.8 Å². The quantitative estimate of drug-likeness (QED) is 0.638. The number of aryl methyl sites for hydroxylation is 1. The number of carbonyl (C=O) groups excluding carboxylic acids is 1. The van der Waals surface area contributed by atoms with E-state index in [0.717, 1.165) is 22.0 Å². The maximum atomic E-state index is 13.2. The van der Waals surface area contributed by atoms with Gasteiger partial charge in [0.1, 0.15) is 5.69 Å². The van der Waals surface area contributed by atoms with E-state index in [1.165, 1.54) is 11.3 Å². The highest BCUT2D eigenvalue weighted by atomic mass is 32.1. The van der Waals surface area contributed by atoms with E-state index in [9.17, 15) is 4.79 Å². The van der Waals surface area contributed by atoms with Crippen molar-refractivity contribution >= 4 is 17.2 Å². The molecule has 7 heteroatoms. The molecule has 3 aromatic heterocycles. The molecule has 0 aliphatic rings. The molecule has 6 nitrogen and oxygen atoms in total. The molecule has 0 spiro atoms. The van der Waals surface area contributed by atoms with Crippen molar-refractivity contribution in [3.8, 4) is 10.8 Å². The molecule has 26 heavy (non-hydrogen) atoms. The number of thiazole rings is 1. The summed E-state index contributed by atoms with van der Waals surface area (Å²) in [6.45, 7) is 3.83. The van der Waals surface area contributed by atoms with Crippen LogP contribution in [0.1, 0.15) is 20.9 Å². The molecule has 3 heterocycles. The normalized spacial score (nSPS) is 11.1. The van der Waals surface area contributed by atoms with E-state index >= 15 is 0 Å². The monoisotopic (exact) mass is 370 g/mol. The lowest BCUT2D eigenvalue weighted by Crippen LogP contribution is -2.36. The van der Waals surface area contributed by atoms with E-state index in [2.05, 4.69) is 14.9 Å². The number of carbonyl (C=O) groups is 1. The fraction of sp³-hybridized carbons (Fsp3) is 0.316. The van der Waals surface area contributed by atoms with Crippen LogP contribution >= 0.6 is 11.3 Å². The van der Waals surface area contributed by atoms with Crippen LogP contribution in [0.3, 0.4) is 0 Å². The molecule has 3 aromatic rings. The third-order valence-corrected chi connectivity index (χ3v) is 4.92. The molecule has 0 aliphatic heterocycles. The summed E-state index contributed by atoms with van der Waals surface area (Å²) in [5.74, 6) is 0.617. The number of aromatic nitrogens is 2. The molecule has 0 aliphatic carbocycles. The van der Waals surface area contributed by atoms with Gasteiger partial charge in [0.15, 0.2) is 10.8 Å². The van der Waals surface area contributed by atoms with Gasteiger partial charge < -0.3 is 14.2 Å². The first-order chi connectivity index (χ1) is 12.5. The van der Waals surface area contributed by atoms with Gasteiger partial charge in [-0.3, -0.25) is 9.78 Å². The molecule has 1 amide bonds. The molecular formula is C19H22N4O2S. The van der Waals surface area contributed by atoms with Crippen LogP contribution in [0, 0.1) is 6.92 Å². The molecule has 136 valence electrons. The zero-order chi connectivity index (χ0) is 18.5. The topological polar surface area (TPSA) is 62.5 Å². The van der Waals surface area contributed by atoms with Crippen LogP contribution in [0.5, 0.6) is 0 Å². The van der Waals surface area contributed by atoms with Crippen molar-refractivity contribution in [2.24, 2.45) is 0 Å². The van der Waals surface area contributed by atoms with Crippen LogP contribution < -0.4 is 0 Å². The van der Waals surface area contributed by atoms with E-state index in [1.807, 2.05) is 50.2 Å². The first-order valence-electron chi connectivity index (χ1n) is 8.39. The minimum Gasteiger partial charge on any atom is -0.462 e. The van der Waals surface area contributed by atoms with Crippen molar-refractivity contribution < 1.29 is 9.21 Å². The van der Waals surface area contributed by atoms with Gasteiger partial charge in [0.25, 0.3) is 5.91 Å². The van der Waals surface area contributed by atoms with Crippen LogP contribution in [0.15, 0.2) is 47.3 Å². The Bertz CT molecular complexity index is 844. The molecule has 0 fully saturated rings. The molecule has 0 N–H and O–H groups in total. The van der Waals surface area contributed by atoms with Gasteiger partial charge in [0, 0.05) is 36.9 Å². The Hall–Kier alpha value is -2.51. The lowest BCUT2D eigenvalue weighted by molar-refractivity contribution is 0.0726. The second-order valence-electron chi connectivity index (χ2n) is 6.29. The van der Waals surface area contributed by atoms with Gasteiger partial charge in [-0.15, -0.1) is 11.3 Å². The lowest BCUT2D eigenvalue weighted by atomic mass is 10.2. The second-order valence-corrected chi connectivity index (χ2v) is 7.50. The number of nitrogens with zero attached hydrogens (tertiary/aromatic N) is 4. The molecular weight excluding hydrogens is 348 g/mol. The third-order valence-electron chi connectivity index (χ3n) is 3.93. The molecule has 0 aromatic carbocycles. The van der Waals surface area contributed by atoms with Gasteiger partial charge in [-0.05, 0) is 44.8 Å². The van der Waals surface area contributed by atoms with Gasteiger partial charge in [0.2, 0.25) is 0 Å². The first-order valence-corrected chi connectivity index (χ1v) is 9.20. The Morgan fingerprint density at radius 3 is 2.73 bits per heavy atom. The fourth-order valence-corrected chi connectivity index (χ4v) is 3.41. The summed E-state index contributed by atoms with van der Waals surface area (Å²) in [5, 5.41) is 0.727. The minimum atomic E-state index is -0.0674. The third kappa shape index (κ3) is 4.36. The van der Waals surface area contributed by atoms with Gasteiger partial charge in [-0.25, -0.2) is 4.98 Å². The number of likely N-dealkylation sites (N-methyl/N-ethyl adjacent to an activating group) is 1. The summed E-state index contributed by atoms with van der Waals surface area (Å²) in [4.78, 5) is 26.6. The van der Waals surface area contributed by atoms with Crippen LogP contribution in [0.25, 0.3) is 10.8 Å². The Morgan fingerprint density at radius 2 is 2.08 bits per heavy atom. The van der Waals surface area contributed by atoms with E-state index in [4.69, 9.17) is 4.42 Å². The number of amides is 1.